The van der Waals surface area contributed by atoms with Crippen molar-refractivity contribution in [3.63, 3.8) is 0 Å². The lowest BCUT2D eigenvalue weighted by atomic mass is 9.71. The van der Waals surface area contributed by atoms with Crippen LogP contribution in [-0.4, -0.2) is 89.1 Å². The third-order valence-corrected chi connectivity index (χ3v) is 11.6. The fourth-order valence-corrected chi connectivity index (χ4v) is 12.8. The predicted octanol–water partition coefficient (Wildman–Crippen LogP) is 3.42. The number of carbonyl (C=O) groups excluding carboxylic acids is 3. The van der Waals surface area contributed by atoms with Crippen molar-refractivity contribution < 1.29 is 33.2 Å². The van der Waals surface area contributed by atoms with Gasteiger partial charge >= 0.3 is 17.9 Å². The van der Waals surface area contributed by atoms with Crippen molar-refractivity contribution in [2.24, 2.45) is 0 Å². The minimum absolute atomic E-state index is 0.205. The molecule has 0 saturated carbocycles. The monoisotopic (exact) mass is 686 g/mol. The van der Waals surface area contributed by atoms with Gasteiger partial charge in [0.05, 0.1) is 21.3 Å². The van der Waals surface area contributed by atoms with E-state index in [2.05, 4.69) is 31.2 Å². The Balaban J connectivity index is 2.35. The van der Waals surface area contributed by atoms with Crippen LogP contribution < -0.4 is 31.2 Å². The molecule has 0 aliphatic carbocycles. The summed E-state index contributed by atoms with van der Waals surface area (Å²) in [6, 6.07) is 0. The highest BCUT2D eigenvalue weighted by atomic mass is 31.2. The molecule has 0 amide bonds. The largest absolute Gasteiger partial charge is 0.468 e. The van der Waals surface area contributed by atoms with Gasteiger partial charge in [-0.2, -0.15) is 0 Å². The van der Waals surface area contributed by atoms with Crippen molar-refractivity contribution in [2.75, 3.05) is 21.3 Å². The second kappa shape index (κ2) is 12.3. The van der Waals surface area contributed by atoms with Gasteiger partial charge in [-0.05, 0) is 122 Å². The van der Waals surface area contributed by atoms with Gasteiger partial charge in [-0.1, -0.05) is 0 Å². The molecule has 272 valence electrons. The molecule has 0 aromatic heterocycles. The number of methoxy groups -OCH3 is 3. The van der Waals surface area contributed by atoms with Crippen LogP contribution in [0.25, 0.3) is 0 Å². The van der Waals surface area contributed by atoms with Crippen molar-refractivity contribution in [2.45, 2.75) is 171 Å². The molecular formula is C33H63N6O7P. The molecule has 0 unspecified atom stereocenters. The summed E-state index contributed by atoms with van der Waals surface area (Å²) in [5.74, 6) is -1.79. The van der Waals surface area contributed by atoms with Crippen molar-refractivity contribution in [1.29, 1.82) is 0 Å². The van der Waals surface area contributed by atoms with Gasteiger partial charge in [0.15, 0.2) is 0 Å². The second-order valence-corrected chi connectivity index (χ2v) is 20.3. The summed E-state index contributed by atoms with van der Waals surface area (Å²) in [7, 11) is -0.476. The average molecular weight is 687 g/mol. The maximum Gasteiger partial charge on any atom is 0.326 e. The third-order valence-electron chi connectivity index (χ3n) is 9.34. The Hall–Kier alpha value is -1.60. The highest BCUT2D eigenvalue weighted by molar-refractivity contribution is 7.58. The molecule has 3 aliphatic heterocycles. The van der Waals surface area contributed by atoms with Gasteiger partial charge in [0.1, 0.15) is 16.6 Å². The minimum atomic E-state index is -4.40. The lowest BCUT2D eigenvalue weighted by molar-refractivity contribution is -0.152. The summed E-state index contributed by atoms with van der Waals surface area (Å²) in [5, 5.41) is 20.6. The molecule has 0 aromatic rings. The Labute approximate surface area is 282 Å². The summed E-state index contributed by atoms with van der Waals surface area (Å²) in [6.07, 6.45) is 1.23. The van der Waals surface area contributed by atoms with Crippen molar-refractivity contribution >= 4 is 25.5 Å². The zero-order chi connectivity index (χ0) is 36.3. The first-order chi connectivity index (χ1) is 20.9. The van der Waals surface area contributed by atoms with Crippen molar-refractivity contribution in [1.82, 2.24) is 31.2 Å². The van der Waals surface area contributed by atoms with E-state index in [-0.39, 0.29) is 38.5 Å². The summed E-state index contributed by atoms with van der Waals surface area (Å²) in [4.78, 5) is 42.0. The second-order valence-electron chi connectivity index (χ2n) is 18.4. The van der Waals surface area contributed by atoms with E-state index in [1.54, 1.807) is 0 Å². The number of nitrogens with one attached hydrogen (secondary N) is 6. The summed E-state index contributed by atoms with van der Waals surface area (Å²) >= 11 is 0. The molecule has 3 rings (SSSR count). The Bertz CT molecular complexity index is 1090. The lowest BCUT2D eigenvalue weighted by Crippen LogP contribution is -2.75. The summed E-state index contributed by atoms with van der Waals surface area (Å²) in [5.41, 5.74) is -8.03. The number of hydrogen-bond acceptors (Lipinski definition) is 10. The molecule has 0 aromatic carbocycles. The Morgan fingerprint density at radius 1 is 0.447 bits per heavy atom. The van der Waals surface area contributed by atoms with E-state index >= 15 is 4.57 Å². The van der Waals surface area contributed by atoms with Gasteiger partial charge in [-0.15, -0.1) is 0 Å². The number of hydrogen-bond donors (Lipinski definition) is 6. The molecule has 0 bridgehead atoms. The summed E-state index contributed by atoms with van der Waals surface area (Å²) < 4.78 is 32.4. The minimum Gasteiger partial charge on any atom is -0.468 e. The van der Waals surface area contributed by atoms with Gasteiger partial charge in [0, 0.05) is 33.2 Å². The molecule has 47 heavy (non-hydrogen) atoms. The standard InChI is InChI=1S/C33H63N6O7P/c1-25(2)16-31(22(40)44-13,17-26(3,4)34-25)37-47(43,38-32(23(41)45-14)18-27(5,6)35-28(7,8)19-32)39-33(24(42)46-15)20-29(9,10)36-30(11,12)21-33/h34-36H,16-21H2,1-15H3,(H3,37,38,39,43). The van der Waals surface area contributed by atoms with Gasteiger partial charge in [0.25, 0.3) is 7.59 Å². The Morgan fingerprint density at radius 2 is 0.617 bits per heavy atom. The van der Waals surface area contributed by atoms with Crippen LogP contribution in [-0.2, 0) is 33.2 Å². The Kier molecular flexibility index (Phi) is 10.4. The van der Waals surface area contributed by atoms with E-state index in [1.807, 2.05) is 83.1 Å². The average Bonchev–Trinajstić information content (AvgIpc) is 2.80. The van der Waals surface area contributed by atoms with Crippen LogP contribution in [0.1, 0.15) is 122 Å². The van der Waals surface area contributed by atoms with Gasteiger partial charge < -0.3 is 30.2 Å². The maximum absolute atomic E-state index is 16.1. The molecule has 13 nitrogen and oxygen atoms in total. The highest BCUT2D eigenvalue weighted by Crippen LogP contribution is 2.52. The van der Waals surface area contributed by atoms with Crippen LogP contribution in [0.3, 0.4) is 0 Å². The van der Waals surface area contributed by atoms with Gasteiger partial charge in [-0.25, -0.2) is 15.3 Å². The van der Waals surface area contributed by atoms with Crippen LogP contribution in [0.5, 0.6) is 0 Å². The smallest absolute Gasteiger partial charge is 0.326 e. The number of carbonyl (C=O) groups is 3. The first-order valence-corrected chi connectivity index (χ1v) is 18.3. The molecule has 0 atom stereocenters. The normalized spacial score (nSPS) is 27.6. The van der Waals surface area contributed by atoms with Crippen molar-refractivity contribution in [3.8, 4) is 0 Å². The number of ether oxygens (including phenoxy) is 3. The third kappa shape index (κ3) is 8.96. The zero-order valence-corrected chi connectivity index (χ0v) is 32.4. The SMILES string of the molecule is COC(=O)C1(NP(=O)(NC2(C(=O)OC)CC(C)(C)NC(C)(C)C2)NC2(C(=O)OC)CC(C)(C)NC(C)(C)C2)CC(C)(C)NC(C)(C)C1. The quantitative estimate of drug-likeness (QED) is 0.119. The fraction of sp³-hybridized carbons (Fsp3) is 0.909. The lowest BCUT2D eigenvalue weighted by Gasteiger charge is -2.56. The molecule has 3 fully saturated rings. The van der Waals surface area contributed by atoms with Gasteiger partial charge in [-0.3, -0.25) is 18.9 Å². The summed E-state index contributed by atoms with van der Waals surface area (Å²) in [6.45, 7) is 23.7. The molecule has 14 heteroatoms. The van der Waals surface area contributed by atoms with E-state index in [4.69, 9.17) is 14.2 Å². The van der Waals surface area contributed by atoms with Gasteiger partial charge in [0.2, 0.25) is 0 Å². The number of piperidine rings is 3. The van der Waals surface area contributed by atoms with Crippen LogP contribution in [0.2, 0.25) is 0 Å². The predicted molar refractivity (Wildman–Crippen MR) is 183 cm³/mol. The Morgan fingerprint density at radius 3 is 0.766 bits per heavy atom. The molecular weight excluding hydrogens is 623 g/mol. The highest BCUT2D eigenvalue weighted by Gasteiger charge is 2.62. The van der Waals surface area contributed by atoms with Crippen LogP contribution in [0.15, 0.2) is 0 Å². The molecule has 3 saturated heterocycles. The molecule has 3 aliphatic rings. The number of rotatable bonds is 9. The molecule has 3 heterocycles. The van der Waals surface area contributed by atoms with E-state index in [1.165, 1.54) is 21.3 Å². The van der Waals surface area contributed by atoms with E-state index in [0.29, 0.717) is 0 Å². The molecule has 0 spiro atoms. The fourth-order valence-electron chi connectivity index (χ4n) is 10.1. The first kappa shape index (κ1) is 39.8. The zero-order valence-electron chi connectivity index (χ0n) is 31.5. The maximum atomic E-state index is 16.1. The van der Waals surface area contributed by atoms with E-state index < -0.39 is 75.4 Å². The van der Waals surface area contributed by atoms with E-state index in [9.17, 15) is 14.4 Å². The van der Waals surface area contributed by atoms with Crippen LogP contribution >= 0.6 is 7.59 Å². The first-order valence-electron chi connectivity index (χ1n) is 16.5. The molecule has 6 N–H and O–H groups in total. The van der Waals surface area contributed by atoms with Crippen molar-refractivity contribution in [3.05, 3.63) is 0 Å². The topological polar surface area (TPSA) is 168 Å². The van der Waals surface area contributed by atoms with E-state index in [0.717, 1.165) is 0 Å². The van der Waals surface area contributed by atoms with Crippen LogP contribution in [0.4, 0.5) is 0 Å². The number of esters is 3. The molecule has 0 radical (unpaired) electrons. The van der Waals surface area contributed by atoms with Crippen LogP contribution in [0, 0.1) is 0 Å².